The standard InChI is InChI=1S/C24H29N3O4S/c28-23-16-20(18-26(23)15-12-19-8-3-1-4-9-19)24(29)25-21-10-7-11-22(17-21)32(30,31)27-13-5-2-6-14-27/h1,3-4,7-11,17,20H,2,5-6,12-16,18H2,(H,25,29)/t20-/m0/s1. The normalized spacial score (nSPS) is 19.8. The van der Waals surface area contributed by atoms with Gasteiger partial charge in [-0.2, -0.15) is 4.31 Å². The maximum absolute atomic E-state index is 12.9. The highest BCUT2D eigenvalue weighted by atomic mass is 32.2. The van der Waals surface area contributed by atoms with Crippen molar-refractivity contribution in [2.75, 3.05) is 31.5 Å². The molecule has 170 valence electrons. The van der Waals surface area contributed by atoms with E-state index in [0.29, 0.717) is 31.9 Å². The summed E-state index contributed by atoms with van der Waals surface area (Å²) in [5.74, 6) is -0.726. The average Bonchev–Trinajstić information content (AvgIpc) is 3.20. The largest absolute Gasteiger partial charge is 0.342 e. The lowest BCUT2D eigenvalue weighted by Gasteiger charge is -2.26. The molecule has 2 aromatic rings. The maximum Gasteiger partial charge on any atom is 0.243 e. The second-order valence-corrected chi connectivity index (χ2v) is 10.4. The van der Waals surface area contributed by atoms with Gasteiger partial charge in [0.05, 0.1) is 10.8 Å². The molecular weight excluding hydrogens is 426 g/mol. The van der Waals surface area contributed by atoms with Gasteiger partial charge in [0.1, 0.15) is 0 Å². The summed E-state index contributed by atoms with van der Waals surface area (Å²) in [6.07, 6.45) is 3.70. The predicted molar refractivity (Wildman–Crippen MR) is 123 cm³/mol. The summed E-state index contributed by atoms with van der Waals surface area (Å²) in [5, 5.41) is 2.81. The van der Waals surface area contributed by atoms with Crippen LogP contribution in [0.2, 0.25) is 0 Å². The topological polar surface area (TPSA) is 86.8 Å². The summed E-state index contributed by atoms with van der Waals surface area (Å²) < 4.78 is 27.3. The molecule has 32 heavy (non-hydrogen) atoms. The van der Waals surface area contributed by atoms with Crippen molar-refractivity contribution in [1.29, 1.82) is 0 Å². The SMILES string of the molecule is O=C(Nc1cccc(S(=O)(=O)N2CCCCC2)c1)[C@H]1CC(=O)N(CCc2ccccc2)C1. The molecule has 0 bridgehead atoms. The molecule has 4 rings (SSSR count). The minimum absolute atomic E-state index is 0.0255. The Kier molecular flexibility index (Phi) is 6.91. The van der Waals surface area contributed by atoms with Crippen molar-refractivity contribution in [3.8, 4) is 0 Å². The van der Waals surface area contributed by atoms with E-state index in [2.05, 4.69) is 5.32 Å². The first-order valence-corrected chi connectivity index (χ1v) is 12.6. The van der Waals surface area contributed by atoms with Gasteiger partial charge in [-0.3, -0.25) is 9.59 Å². The number of amides is 2. The van der Waals surface area contributed by atoms with Crippen LogP contribution in [-0.2, 0) is 26.0 Å². The third-order valence-corrected chi connectivity index (χ3v) is 8.05. The Morgan fingerprint density at radius 1 is 1.00 bits per heavy atom. The summed E-state index contributed by atoms with van der Waals surface area (Å²) in [4.78, 5) is 27.1. The lowest BCUT2D eigenvalue weighted by Crippen LogP contribution is -2.35. The molecule has 2 heterocycles. The van der Waals surface area contributed by atoms with E-state index in [9.17, 15) is 18.0 Å². The van der Waals surface area contributed by atoms with Crippen LogP contribution < -0.4 is 5.32 Å². The van der Waals surface area contributed by atoms with Crippen molar-refractivity contribution in [2.45, 2.75) is 37.0 Å². The predicted octanol–water partition coefficient (Wildman–Crippen LogP) is 2.89. The van der Waals surface area contributed by atoms with E-state index in [1.54, 1.807) is 23.1 Å². The first kappa shape index (κ1) is 22.5. The van der Waals surface area contributed by atoms with Crippen LogP contribution in [0.5, 0.6) is 0 Å². The zero-order chi connectivity index (χ0) is 22.6. The minimum atomic E-state index is -3.57. The second-order valence-electron chi connectivity index (χ2n) is 8.46. The molecule has 0 saturated carbocycles. The molecule has 1 N–H and O–H groups in total. The van der Waals surface area contributed by atoms with Crippen molar-refractivity contribution < 1.29 is 18.0 Å². The number of rotatable bonds is 7. The number of hydrogen-bond donors (Lipinski definition) is 1. The number of likely N-dealkylation sites (tertiary alicyclic amines) is 1. The van der Waals surface area contributed by atoms with Crippen molar-refractivity contribution >= 4 is 27.5 Å². The third-order valence-electron chi connectivity index (χ3n) is 6.15. The van der Waals surface area contributed by atoms with Crippen LogP contribution in [0.25, 0.3) is 0 Å². The highest BCUT2D eigenvalue weighted by molar-refractivity contribution is 7.89. The molecular formula is C24H29N3O4S. The van der Waals surface area contributed by atoms with Gasteiger partial charge in [-0.05, 0) is 43.0 Å². The smallest absolute Gasteiger partial charge is 0.243 e. The summed E-state index contributed by atoms with van der Waals surface area (Å²) in [5.41, 5.74) is 1.59. The molecule has 0 spiro atoms. The first-order chi connectivity index (χ1) is 15.4. The number of nitrogens with zero attached hydrogens (tertiary/aromatic N) is 2. The van der Waals surface area contributed by atoms with E-state index in [4.69, 9.17) is 0 Å². The van der Waals surface area contributed by atoms with Crippen molar-refractivity contribution in [3.63, 3.8) is 0 Å². The summed E-state index contributed by atoms with van der Waals surface area (Å²) in [6.45, 7) is 2.02. The fourth-order valence-electron chi connectivity index (χ4n) is 4.31. The Hall–Kier alpha value is -2.71. The Labute approximate surface area is 189 Å². The molecule has 8 heteroatoms. The Morgan fingerprint density at radius 2 is 1.75 bits per heavy atom. The van der Waals surface area contributed by atoms with Gasteiger partial charge in [0, 0.05) is 38.3 Å². The van der Waals surface area contributed by atoms with Crippen molar-refractivity contribution in [2.24, 2.45) is 5.92 Å². The van der Waals surface area contributed by atoms with Crippen LogP contribution in [-0.4, -0.2) is 55.6 Å². The number of piperidine rings is 1. The van der Waals surface area contributed by atoms with Gasteiger partial charge in [-0.15, -0.1) is 0 Å². The number of carbonyl (C=O) groups is 2. The van der Waals surface area contributed by atoms with Crippen LogP contribution in [0.1, 0.15) is 31.2 Å². The third kappa shape index (κ3) is 5.19. The number of hydrogen-bond acceptors (Lipinski definition) is 4. The van der Waals surface area contributed by atoms with Crippen molar-refractivity contribution in [3.05, 3.63) is 60.2 Å². The average molecular weight is 456 g/mol. The van der Waals surface area contributed by atoms with Gasteiger partial charge >= 0.3 is 0 Å². The summed E-state index contributed by atoms with van der Waals surface area (Å²) >= 11 is 0. The number of sulfonamides is 1. The molecule has 2 aliphatic rings. The molecule has 0 unspecified atom stereocenters. The number of nitrogens with one attached hydrogen (secondary N) is 1. The van der Waals surface area contributed by atoms with Crippen LogP contribution in [0.4, 0.5) is 5.69 Å². The molecule has 0 aromatic heterocycles. The lowest BCUT2D eigenvalue weighted by molar-refractivity contribution is -0.128. The van der Waals surface area contributed by atoms with Crippen LogP contribution in [0, 0.1) is 5.92 Å². The fraction of sp³-hybridized carbons (Fsp3) is 0.417. The molecule has 1 atom stereocenters. The van der Waals surface area contributed by atoms with Crippen molar-refractivity contribution in [1.82, 2.24) is 9.21 Å². The van der Waals surface area contributed by atoms with Crippen LogP contribution in [0.15, 0.2) is 59.5 Å². The Balaban J connectivity index is 1.37. The molecule has 0 aliphatic carbocycles. The van der Waals surface area contributed by atoms with Gasteiger partial charge in [0.25, 0.3) is 0 Å². The highest BCUT2D eigenvalue weighted by Crippen LogP contribution is 2.24. The molecule has 2 aliphatic heterocycles. The number of anilines is 1. The van der Waals surface area contributed by atoms with E-state index >= 15 is 0 Å². The second kappa shape index (κ2) is 9.83. The van der Waals surface area contributed by atoms with Gasteiger partial charge in [-0.1, -0.05) is 42.8 Å². The summed E-state index contributed by atoms with van der Waals surface area (Å²) in [6, 6.07) is 16.3. The van der Waals surface area contributed by atoms with Gasteiger partial charge < -0.3 is 10.2 Å². The quantitative estimate of drug-likeness (QED) is 0.696. The molecule has 0 radical (unpaired) electrons. The van der Waals surface area contributed by atoms with Gasteiger partial charge in [-0.25, -0.2) is 8.42 Å². The molecule has 2 fully saturated rings. The van der Waals surface area contributed by atoms with E-state index in [-0.39, 0.29) is 23.1 Å². The van der Waals surface area contributed by atoms with E-state index in [1.165, 1.54) is 10.4 Å². The van der Waals surface area contributed by atoms with E-state index in [1.807, 2.05) is 30.3 Å². The number of carbonyl (C=O) groups excluding carboxylic acids is 2. The first-order valence-electron chi connectivity index (χ1n) is 11.2. The zero-order valence-electron chi connectivity index (χ0n) is 18.1. The summed E-state index contributed by atoms with van der Waals surface area (Å²) in [7, 11) is -3.57. The maximum atomic E-state index is 12.9. The highest BCUT2D eigenvalue weighted by Gasteiger charge is 2.34. The van der Waals surface area contributed by atoms with Gasteiger partial charge in [0.2, 0.25) is 21.8 Å². The van der Waals surface area contributed by atoms with Gasteiger partial charge in [0.15, 0.2) is 0 Å². The van der Waals surface area contributed by atoms with E-state index in [0.717, 1.165) is 31.2 Å². The molecule has 2 aromatic carbocycles. The zero-order valence-corrected chi connectivity index (χ0v) is 18.9. The Morgan fingerprint density at radius 3 is 2.50 bits per heavy atom. The molecule has 2 amide bonds. The van der Waals surface area contributed by atoms with Crippen LogP contribution >= 0.6 is 0 Å². The molecule has 2 saturated heterocycles. The monoisotopic (exact) mass is 455 g/mol. The Bertz CT molecular complexity index is 1070. The lowest BCUT2D eigenvalue weighted by atomic mass is 10.1. The fourth-order valence-corrected chi connectivity index (χ4v) is 5.87. The van der Waals surface area contributed by atoms with E-state index < -0.39 is 15.9 Å². The van der Waals surface area contributed by atoms with Crippen LogP contribution in [0.3, 0.4) is 0 Å². The minimum Gasteiger partial charge on any atom is -0.342 e. The number of benzene rings is 2. The molecule has 7 nitrogen and oxygen atoms in total.